The van der Waals surface area contributed by atoms with E-state index in [2.05, 4.69) is 44.0 Å². The van der Waals surface area contributed by atoms with E-state index in [0.29, 0.717) is 42.4 Å². The van der Waals surface area contributed by atoms with Crippen LogP contribution in [-0.2, 0) is 11.2 Å². The molecular formula is C28H40N2O3. The van der Waals surface area contributed by atoms with Crippen LogP contribution in [0.3, 0.4) is 0 Å². The molecule has 1 heterocycles. The highest BCUT2D eigenvalue weighted by molar-refractivity contribution is 5.76. The van der Waals surface area contributed by atoms with Crippen LogP contribution in [0.2, 0.25) is 0 Å². The minimum absolute atomic E-state index is 0.0230. The molecule has 0 aliphatic carbocycles. The van der Waals surface area contributed by atoms with E-state index in [0.717, 1.165) is 31.4 Å². The summed E-state index contributed by atoms with van der Waals surface area (Å²) in [5.41, 5.74) is 2.25. The molecule has 5 atom stereocenters. The molecule has 33 heavy (non-hydrogen) atoms. The Balaban J connectivity index is 1.66. The molecule has 1 unspecified atom stereocenters. The van der Waals surface area contributed by atoms with Crippen molar-refractivity contribution < 1.29 is 15.0 Å². The van der Waals surface area contributed by atoms with Crippen LogP contribution in [0.5, 0.6) is 11.5 Å². The number of carbonyl (C=O) groups excluding carboxylic acids is 1. The molecule has 1 amide bonds. The minimum atomic E-state index is 0.0230. The number of rotatable bonds is 9. The van der Waals surface area contributed by atoms with Gasteiger partial charge in [0.25, 0.3) is 0 Å². The molecule has 3 rings (SSSR count). The lowest BCUT2D eigenvalue weighted by atomic mass is 9.77. The summed E-state index contributed by atoms with van der Waals surface area (Å²) in [6, 6.07) is 15.0. The molecule has 0 bridgehead atoms. The maximum absolute atomic E-state index is 12.9. The Morgan fingerprint density at radius 2 is 1.85 bits per heavy atom. The van der Waals surface area contributed by atoms with Gasteiger partial charge in [-0.05, 0) is 79.3 Å². The lowest BCUT2D eigenvalue weighted by Gasteiger charge is -2.47. The Morgan fingerprint density at radius 1 is 1.12 bits per heavy atom. The van der Waals surface area contributed by atoms with E-state index in [9.17, 15) is 15.0 Å². The van der Waals surface area contributed by atoms with Crippen LogP contribution in [0.25, 0.3) is 0 Å². The van der Waals surface area contributed by atoms with Gasteiger partial charge in [0.15, 0.2) is 0 Å². The molecule has 1 saturated heterocycles. The average Bonchev–Trinajstić information content (AvgIpc) is 2.80. The van der Waals surface area contributed by atoms with Crippen molar-refractivity contribution in [1.82, 2.24) is 10.2 Å². The molecule has 2 aromatic rings. The van der Waals surface area contributed by atoms with Gasteiger partial charge in [0.1, 0.15) is 11.5 Å². The Hall–Kier alpha value is -2.53. The fourth-order valence-corrected chi connectivity index (χ4v) is 5.06. The molecule has 5 nitrogen and oxygen atoms in total. The first-order valence-electron chi connectivity index (χ1n) is 12.4. The summed E-state index contributed by atoms with van der Waals surface area (Å²) in [7, 11) is 0. The maximum atomic E-state index is 12.9. The Bertz CT molecular complexity index is 898. The maximum Gasteiger partial charge on any atom is 0.221 e. The van der Waals surface area contributed by atoms with Crippen LogP contribution in [0.4, 0.5) is 0 Å². The zero-order valence-electron chi connectivity index (χ0n) is 20.5. The number of aryl methyl sites for hydroxylation is 1. The highest BCUT2D eigenvalue weighted by Crippen LogP contribution is 2.38. The predicted octanol–water partition coefficient (Wildman–Crippen LogP) is 5.42. The van der Waals surface area contributed by atoms with Crippen molar-refractivity contribution in [3.63, 3.8) is 0 Å². The van der Waals surface area contributed by atoms with Gasteiger partial charge in [0.2, 0.25) is 5.91 Å². The summed E-state index contributed by atoms with van der Waals surface area (Å²) in [6.45, 7) is 9.94. The van der Waals surface area contributed by atoms with Crippen LogP contribution < -0.4 is 5.32 Å². The average molecular weight is 453 g/mol. The summed E-state index contributed by atoms with van der Waals surface area (Å²) in [4.78, 5) is 15.4. The summed E-state index contributed by atoms with van der Waals surface area (Å²) in [5, 5.41) is 22.7. The zero-order chi connectivity index (χ0) is 24.0. The Morgan fingerprint density at radius 3 is 2.52 bits per heavy atom. The van der Waals surface area contributed by atoms with Gasteiger partial charge in [-0.2, -0.15) is 0 Å². The van der Waals surface area contributed by atoms with E-state index in [1.54, 1.807) is 18.2 Å². The second-order valence-electron chi connectivity index (χ2n) is 9.83. The van der Waals surface area contributed by atoms with Gasteiger partial charge in [-0.1, -0.05) is 51.5 Å². The van der Waals surface area contributed by atoms with Gasteiger partial charge >= 0.3 is 0 Å². The topological polar surface area (TPSA) is 72.8 Å². The standard InChI is InChI=1S/C28H40N2O3/c1-5-19(2)17-27(29-28(33)14-11-22-9-12-24(31)13-10-22)30-16-15-26(20(3)21(30)4)23-7-6-8-25(32)18-23/h6-10,12-13,18-21,26-27,31-32H,5,11,14-17H2,1-4H3,(H,29,33)/t19-,20-,21-,26+,27?/m0/s1. The lowest BCUT2D eigenvalue weighted by molar-refractivity contribution is -0.124. The van der Waals surface area contributed by atoms with E-state index < -0.39 is 0 Å². The van der Waals surface area contributed by atoms with E-state index >= 15 is 0 Å². The number of carbonyl (C=O) groups is 1. The van der Waals surface area contributed by atoms with E-state index in [1.165, 1.54) is 5.56 Å². The number of phenols is 2. The molecule has 0 radical (unpaired) electrons. The van der Waals surface area contributed by atoms with Crippen LogP contribution in [-0.4, -0.2) is 39.8 Å². The van der Waals surface area contributed by atoms with Crippen molar-refractivity contribution in [2.45, 2.75) is 77.9 Å². The number of hydrogen-bond donors (Lipinski definition) is 3. The number of phenolic OH excluding ortho intramolecular Hbond substituents is 2. The van der Waals surface area contributed by atoms with Gasteiger partial charge in [0, 0.05) is 19.0 Å². The smallest absolute Gasteiger partial charge is 0.221 e. The Labute approximate surface area is 198 Å². The molecule has 0 spiro atoms. The van der Waals surface area contributed by atoms with Gasteiger partial charge in [0.05, 0.1) is 6.17 Å². The van der Waals surface area contributed by atoms with E-state index in [4.69, 9.17) is 0 Å². The molecule has 5 heteroatoms. The molecule has 3 N–H and O–H groups in total. The number of nitrogens with zero attached hydrogens (tertiary/aromatic N) is 1. The van der Waals surface area contributed by atoms with Crippen molar-refractivity contribution in [3.05, 3.63) is 59.7 Å². The number of aromatic hydroxyl groups is 2. The number of amides is 1. The van der Waals surface area contributed by atoms with Gasteiger partial charge < -0.3 is 15.5 Å². The highest BCUT2D eigenvalue weighted by Gasteiger charge is 2.37. The molecule has 0 aromatic heterocycles. The van der Waals surface area contributed by atoms with Gasteiger partial charge in [-0.15, -0.1) is 0 Å². The van der Waals surface area contributed by atoms with Gasteiger partial charge in [-0.25, -0.2) is 0 Å². The molecular weight excluding hydrogens is 412 g/mol. The summed E-state index contributed by atoms with van der Waals surface area (Å²) in [6.07, 6.45) is 4.16. The lowest BCUT2D eigenvalue weighted by Crippen LogP contribution is -2.57. The highest BCUT2D eigenvalue weighted by atomic mass is 16.3. The van der Waals surface area contributed by atoms with Crippen molar-refractivity contribution in [2.24, 2.45) is 11.8 Å². The van der Waals surface area contributed by atoms with Crippen LogP contribution in [0.15, 0.2) is 48.5 Å². The molecule has 2 aromatic carbocycles. The van der Waals surface area contributed by atoms with Crippen molar-refractivity contribution >= 4 is 5.91 Å². The van der Waals surface area contributed by atoms with E-state index in [-0.39, 0.29) is 17.8 Å². The third-order valence-corrected chi connectivity index (χ3v) is 7.54. The predicted molar refractivity (Wildman–Crippen MR) is 133 cm³/mol. The normalized spacial score (nSPS) is 23.1. The Kier molecular flexibility index (Phi) is 8.79. The number of benzene rings is 2. The quantitative estimate of drug-likeness (QED) is 0.475. The fourth-order valence-electron chi connectivity index (χ4n) is 5.06. The number of hydrogen-bond acceptors (Lipinski definition) is 4. The summed E-state index contributed by atoms with van der Waals surface area (Å²) >= 11 is 0. The largest absolute Gasteiger partial charge is 0.508 e. The van der Waals surface area contributed by atoms with Crippen LogP contribution in [0.1, 0.15) is 70.4 Å². The van der Waals surface area contributed by atoms with Gasteiger partial charge in [-0.3, -0.25) is 9.69 Å². The van der Waals surface area contributed by atoms with Crippen molar-refractivity contribution in [3.8, 4) is 11.5 Å². The first-order valence-corrected chi connectivity index (χ1v) is 12.4. The number of nitrogens with one attached hydrogen (secondary N) is 1. The third-order valence-electron chi connectivity index (χ3n) is 7.54. The second kappa shape index (κ2) is 11.6. The van der Waals surface area contributed by atoms with Crippen molar-refractivity contribution in [1.29, 1.82) is 0 Å². The van der Waals surface area contributed by atoms with E-state index in [1.807, 2.05) is 24.3 Å². The molecule has 0 saturated carbocycles. The first kappa shape index (κ1) is 25.1. The number of likely N-dealkylation sites (tertiary alicyclic amines) is 1. The molecule has 1 fully saturated rings. The van der Waals surface area contributed by atoms with Crippen LogP contribution in [0, 0.1) is 11.8 Å². The van der Waals surface area contributed by atoms with Crippen molar-refractivity contribution in [2.75, 3.05) is 6.54 Å². The third kappa shape index (κ3) is 6.73. The summed E-state index contributed by atoms with van der Waals surface area (Å²) in [5.74, 6) is 1.98. The van der Waals surface area contributed by atoms with Crippen LogP contribution >= 0.6 is 0 Å². The SMILES string of the molecule is CC[C@H](C)CC(NC(=O)CCc1ccc(O)cc1)N1CC[C@@H](c2cccc(O)c2)[C@@H](C)[C@@H]1C. The fraction of sp³-hybridized carbons (Fsp3) is 0.536. The molecule has 1 aliphatic rings. The monoisotopic (exact) mass is 452 g/mol. The second-order valence-corrected chi connectivity index (χ2v) is 9.83. The first-order chi connectivity index (χ1) is 15.8. The molecule has 180 valence electrons. The number of piperidine rings is 1. The molecule has 1 aliphatic heterocycles. The minimum Gasteiger partial charge on any atom is -0.508 e. The summed E-state index contributed by atoms with van der Waals surface area (Å²) < 4.78 is 0. The zero-order valence-corrected chi connectivity index (χ0v) is 20.5.